The Labute approximate surface area is 264 Å². The number of aryl methyl sites for hydroxylation is 2. The fourth-order valence-electron chi connectivity index (χ4n) is 7.91. The van der Waals surface area contributed by atoms with Crippen molar-refractivity contribution in [2.75, 3.05) is 0 Å². The highest BCUT2D eigenvalue weighted by molar-refractivity contribution is 7.43. The third-order valence-corrected chi connectivity index (χ3v) is 10.6. The van der Waals surface area contributed by atoms with Gasteiger partial charge in [-0.3, -0.25) is 0 Å². The van der Waals surface area contributed by atoms with Gasteiger partial charge in [0.05, 0.1) is 5.56 Å². The second-order valence-corrected chi connectivity index (χ2v) is 15.1. The van der Waals surface area contributed by atoms with Gasteiger partial charge in [0.1, 0.15) is 17.2 Å². The molecule has 45 heavy (non-hydrogen) atoms. The van der Waals surface area contributed by atoms with E-state index in [1.807, 2.05) is 30.3 Å². The van der Waals surface area contributed by atoms with E-state index in [2.05, 4.69) is 65.8 Å². The molecule has 7 rings (SSSR count). The Hall–Kier alpha value is -3.76. The van der Waals surface area contributed by atoms with Gasteiger partial charge < -0.3 is 13.6 Å². The van der Waals surface area contributed by atoms with Crippen LogP contribution >= 0.6 is 8.60 Å². The summed E-state index contributed by atoms with van der Waals surface area (Å²) in [6.07, 6.45) is 1.18. The number of para-hydroxylation sites is 1. The molecule has 1 spiro atoms. The monoisotopic (exact) mass is 628 g/mol. The minimum absolute atomic E-state index is 0.0526. The average Bonchev–Trinajstić information content (AvgIpc) is 3.30. The van der Waals surface area contributed by atoms with Gasteiger partial charge in [0, 0.05) is 22.1 Å². The summed E-state index contributed by atoms with van der Waals surface area (Å²) in [5, 5.41) is 0. The second-order valence-electron chi connectivity index (χ2n) is 14.1. The molecule has 1 aliphatic heterocycles. The molecule has 7 heteroatoms. The molecule has 3 aliphatic rings. The SMILES string of the molecule is Cc1cc2c3c(c1)C(C)(C)CC31CC(C)(C)c3cc(C)cc(c31)OP(Oc1ccccc1/C=C/c1ccc(C(F)(F)F)cc1)O2. The third kappa shape index (κ3) is 5.02. The van der Waals surface area contributed by atoms with Gasteiger partial charge in [0.2, 0.25) is 0 Å². The van der Waals surface area contributed by atoms with Gasteiger partial charge in [-0.2, -0.15) is 13.2 Å². The Kier molecular flexibility index (Phi) is 6.73. The smallest absolute Gasteiger partial charge is 0.408 e. The predicted molar refractivity (Wildman–Crippen MR) is 174 cm³/mol. The first-order valence-corrected chi connectivity index (χ1v) is 16.4. The summed E-state index contributed by atoms with van der Waals surface area (Å²) in [5.41, 5.74) is 7.81. The van der Waals surface area contributed by atoms with E-state index in [-0.39, 0.29) is 16.2 Å². The Morgan fingerprint density at radius 2 is 1.27 bits per heavy atom. The molecular formula is C38H36F3O3P. The number of rotatable bonds is 4. The average molecular weight is 629 g/mol. The van der Waals surface area contributed by atoms with Crippen molar-refractivity contribution < 1.29 is 26.7 Å². The van der Waals surface area contributed by atoms with Crippen LogP contribution < -0.4 is 13.6 Å². The Morgan fingerprint density at radius 3 is 1.80 bits per heavy atom. The lowest BCUT2D eigenvalue weighted by molar-refractivity contribution is -0.137. The molecule has 232 valence electrons. The number of alkyl halides is 3. The van der Waals surface area contributed by atoms with Crippen molar-refractivity contribution >= 4 is 20.8 Å². The van der Waals surface area contributed by atoms with Crippen molar-refractivity contribution in [1.82, 2.24) is 0 Å². The summed E-state index contributed by atoms with van der Waals surface area (Å²) >= 11 is 0. The zero-order chi connectivity index (χ0) is 31.9. The maximum atomic E-state index is 13.0. The highest BCUT2D eigenvalue weighted by atomic mass is 31.2. The third-order valence-electron chi connectivity index (χ3n) is 9.53. The van der Waals surface area contributed by atoms with Gasteiger partial charge in [0.15, 0.2) is 0 Å². The summed E-state index contributed by atoms with van der Waals surface area (Å²) in [5.74, 6) is 2.19. The molecule has 0 bridgehead atoms. The van der Waals surface area contributed by atoms with Crippen LogP contribution in [0.3, 0.4) is 0 Å². The summed E-state index contributed by atoms with van der Waals surface area (Å²) in [6, 6.07) is 21.5. The molecule has 0 unspecified atom stereocenters. The fourth-order valence-corrected chi connectivity index (χ4v) is 8.96. The lowest BCUT2D eigenvalue weighted by Gasteiger charge is -2.34. The van der Waals surface area contributed by atoms with Crippen molar-refractivity contribution in [3.05, 3.63) is 123 Å². The van der Waals surface area contributed by atoms with E-state index in [4.69, 9.17) is 13.6 Å². The molecule has 0 N–H and O–H groups in total. The first-order chi connectivity index (χ1) is 21.2. The topological polar surface area (TPSA) is 27.7 Å². The molecule has 4 aromatic carbocycles. The molecule has 2 aliphatic carbocycles. The van der Waals surface area contributed by atoms with Crippen molar-refractivity contribution in [2.45, 2.75) is 76.8 Å². The van der Waals surface area contributed by atoms with Crippen molar-refractivity contribution in [3.8, 4) is 17.2 Å². The zero-order valence-electron chi connectivity index (χ0n) is 26.3. The molecule has 0 atom stereocenters. The van der Waals surface area contributed by atoms with E-state index in [0.717, 1.165) is 53.2 Å². The standard InChI is InChI=1S/C38H36F3O3P/c1-23-17-28-33-31(19-23)43-45(42-30-10-8-7-9-26(30)14-11-25-12-15-27(16-13-25)38(39,40)41)44-32-20-24(2)18-29-34(32)37(33,21-35(28,3)4)22-36(29,5)6/h7-20H,21-22H2,1-6H3/b14-11+. The largest absolute Gasteiger partial charge is 0.530 e. The first kappa shape index (κ1) is 29.9. The quantitative estimate of drug-likeness (QED) is 0.166. The van der Waals surface area contributed by atoms with Gasteiger partial charge in [0.25, 0.3) is 0 Å². The van der Waals surface area contributed by atoms with Gasteiger partial charge in [-0.05, 0) is 95.7 Å². The minimum Gasteiger partial charge on any atom is -0.408 e. The molecule has 0 fully saturated rings. The Morgan fingerprint density at radius 1 is 0.733 bits per heavy atom. The molecule has 1 heterocycles. The minimum atomic E-state index is -4.37. The van der Waals surface area contributed by atoms with E-state index >= 15 is 0 Å². The maximum absolute atomic E-state index is 13.0. The van der Waals surface area contributed by atoms with Crippen LogP contribution in [0.4, 0.5) is 13.2 Å². The van der Waals surface area contributed by atoms with Gasteiger partial charge in [-0.25, -0.2) is 0 Å². The normalized spacial score (nSPS) is 18.9. The molecule has 0 radical (unpaired) electrons. The lowest BCUT2D eigenvalue weighted by Crippen LogP contribution is -2.28. The molecule has 0 aromatic heterocycles. The van der Waals surface area contributed by atoms with Crippen LogP contribution in [0.5, 0.6) is 17.2 Å². The predicted octanol–water partition coefficient (Wildman–Crippen LogP) is 11.2. The van der Waals surface area contributed by atoms with Gasteiger partial charge >= 0.3 is 14.8 Å². The van der Waals surface area contributed by atoms with Crippen molar-refractivity contribution in [3.63, 3.8) is 0 Å². The van der Waals surface area contributed by atoms with E-state index in [0.29, 0.717) is 11.3 Å². The molecular weight excluding hydrogens is 592 g/mol. The summed E-state index contributed by atoms with van der Waals surface area (Å²) in [4.78, 5) is 0. The van der Waals surface area contributed by atoms with E-state index < -0.39 is 20.3 Å². The van der Waals surface area contributed by atoms with Crippen LogP contribution in [0.1, 0.15) is 90.6 Å². The van der Waals surface area contributed by atoms with Crippen LogP contribution in [-0.4, -0.2) is 0 Å². The summed E-state index contributed by atoms with van der Waals surface area (Å²) < 4.78 is 59.3. The van der Waals surface area contributed by atoms with E-state index in [1.165, 1.54) is 34.4 Å². The first-order valence-electron chi connectivity index (χ1n) is 15.3. The van der Waals surface area contributed by atoms with Crippen LogP contribution in [0.2, 0.25) is 0 Å². The number of hydrogen-bond donors (Lipinski definition) is 0. The van der Waals surface area contributed by atoms with Crippen LogP contribution in [0.25, 0.3) is 12.2 Å². The molecule has 0 saturated heterocycles. The number of hydrogen-bond acceptors (Lipinski definition) is 3. The van der Waals surface area contributed by atoms with Crippen LogP contribution in [0.15, 0.2) is 72.8 Å². The summed E-state index contributed by atoms with van der Waals surface area (Å²) in [6.45, 7) is 13.5. The molecule has 0 saturated carbocycles. The highest BCUT2D eigenvalue weighted by Crippen LogP contribution is 2.68. The molecule has 4 aromatic rings. The highest BCUT2D eigenvalue weighted by Gasteiger charge is 2.60. The van der Waals surface area contributed by atoms with Gasteiger partial charge in [-0.15, -0.1) is 0 Å². The van der Waals surface area contributed by atoms with Gasteiger partial charge in [-0.1, -0.05) is 82.3 Å². The zero-order valence-corrected chi connectivity index (χ0v) is 27.2. The fraction of sp³-hybridized carbons (Fsp3) is 0.316. The Bertz CT molecular complexity index is 1770. The molecule has 3 nitrogen and oxygen atoms in total. The van der Waals surface area contributed by atoms with Crippen LogP contribution in [-0.2, 0) is 22.4 Å². The maximum Gasteiger partial charge on any atom is 0.530 e. The van der Waals surface area contributed by atoms with Crippen LogP contribution in [0, 0.1) is 13.8 Å². The lowest BCUT2D eigenvalue weighted by atomic mass is 9.72. The molecule has 0 amide bonds. The van der Waals surface area contributed by atoms with Crippen molar-refractivity contribution in [2.24, 2.45) is 0 Å². The Balaban J connectivity index is 1.30. The summed E-state index contributed by atoms with van der Waals surface area (Å²) in [7, 11) is -1.92. The number of halogens is 3. The number of benzene rings is 4. The second kappa shape index (κ2) is 10.1. The van der Waals surface area contributed by atoms with Crippen molar-refractivity contribution in [1.29, 1.82) is 0 Å². The van der Waals surface area contributed by atoms with E-state index in [1.54, 1.807) is 6.08 Å². The van der Waals surface area contributed by atoms with E-state index in [9.17, 15) is 13.2 Å².